The molecule has 32 heavy (non-hydrogen) atoms. The number of hydrogen-bond acceptors (Lipinski definition) is 1. The van der Waals surface area contributed by atoms with E-state index in [2.05, 4.69) is 34.6 Å². The maximum atomic E-state index is 11.6. The Labute approximate surface area is 203 Å². The smallest absolute Gasteiger partial charge is 0.141 e. The number of alkyl halides is 1. The molecular formula is C30H49ClO. The molecule has 0 bridgehead atoms. The van der Waals surface area contributed by atoms with Crippen molar-refractivity contribution in [1.82, 2.24) is 0 Å². The van der Waals surface area contributed by atoms with Crippen LogP contribution >= 0.6 is 11.6 Å². The van der Waals surface area contributed by atoms with Crippen molar-refractivity contribution in [3.63, 3.8) is 0 Å². The van der Waals surface area contributed by atoms with E-state index in [1.807, 2.05) is 0 Å². The quantitative estimate of drug-likeness (QED) is 0.286. The van der Waals surface area contributed by atoms with Gasteiger partial charge in [0.25, 0.3) is 0 Å². The van der Waals surface area contributed by atoms with Gasteiger partial charge in [-0.3, -0.25) is 0 Å². The standard InChI is InChI=1S/C30H49ClO/c1-20(2)7-6-8-21(3)24-11-12-25-23-10-9-22-17-29(18-30(29,31)19-32)16-15-27(22,4)26(23)13-14-28(24,25)5/h19-26H,6-18H2,1-5H3/t21-,22+,23?,24?,25?,26?,27+,28-,29-,30?/m1/s1. The summed E-state index contributed by atoms with van der Waals surface area (Å²) in [5.74, 6) is 6.36. The van der Waals surface area contributed by atoms with E-state index in [1.165, 1.54) is 77.0 Å². The monoisotopic (exact) mass is 460 g/mol. The molecule has 5 fully saturated rings. The number of carbonyl (C=O) groups excluding carboxylic acids is 1. The molecule has 0 aliphatic heterocycles. The molecule has 0 amide bonds. The van der Waals surface area contributed by atoms with Gasteiger partial charge in [-0.2, -0.15) is 0 Å². The van der Waals surface area contributed by atoms with Crippen LogP contribution in [-0.4, -0.2) is 11.2 Å². The van der Waals surface area contributed by atoms with Gasteiger partial charge >= 0.3 is 0 Å². The van der Waals surface area contributed by atoms with Gasteiger partial charge in [0.15, 0.2) is 0 Å². The highest BCUT2D eigenvalue weighted by molar-refractivity contribution is 6.35. The molecule has 5 aliphatic rings. The fourth-order valence-corrected chi connectivity index (χ4v) is 10.9. The van der Waals surface area contributed by atoms with Gasteiger partial charge in [-0.25, -0.2) is 0 Å². The van der Waals surface area contributed by atoms with E-state index < -0.39 is 4.87 Å². The average Bonchev–Trinajstić information content (AvgIpc) is 3.14. The minimum absolute atomic E-state index is 0.153. The summed E-state index contributed by atoms with van der Waals surface area (Å²) < 4.78 is 0. The molecule has 0 saturated heterocycles. The van der Waals surface area contributed by atoms with Gasteiger partial charge in [0.1, 0.15) is 11.2 Å². The zero-order valence-electron chi connectivity index (χ0n) is 21.6. The fraction of sp³-hybridized carbons (Fsp3) is 0.967. The Hall–Kier alpha value is -0.0400. The van der Waals surface area contributed by atoms with Crippen LogP contribution in [0.3, 0.4) is 0 Å². The molecule has 10 atom stereocenters. The van der Waals surface area contributed by atoms with Crippen LogP contribution in [0.25, 0.3) is 0 Å². The first-order valence-electron chi connectivity index (χ1n) is 14.2. The summed E-state index contributed by atoms with van der Waals surface area (Å²) in [6.07, 6.45) is 18.8. The van der Waals surface area contributed by atoms with Crippen molar-refractivity contribution >= 4 is 17.9 Å². The van der Waals surface area contributed by atoms with Crippen LogP contribution in [0.2, 0.25) is 0 Å². The molecule has 1 spiro atoms. The Bertz CT molecular complexity index is 732. The van der Waals surface area contributed by atoms with Gasteiger partial charge in [0.05, 0.1) is 0 Å². The van der Waals surface area contributed by atoms with Crippen molar-refractivity contribution in [3.05, 3.63) is 0 Å². The highest BCUT2D eigenvalue weighted by Crippen LogP contribution is 2.75. The maximum absolute atomic E-state index is 11.6. The Kier molecular flexibility index (Phi) is 5.92. The van der Waals surface area contributed by atoms with Crippen molar-refractivity contribution in [3.8, 4) is 0 Å². The number of fused-ring (bicyclic) bond motifs is 5. The molecule has 0 heterocycles. The normalized spacial score (nSPS) is 52.9. The third-order valence-corrected chi connectivity index (χ3v) is 13.2. The second-order valence-electron chi connectivity index (χ2n) is 14.3. The molecule has 2 heteroatoms. The van der Waals surface area contributed by atoms with Crippen LogP contribution in [0.5, 0.6) is 0 Å². The van der Waals surface area contributed by atoms with E-state index in [-0.39, 0.29) is 5.41 Å². The Morgan fingerprint density at radius 2 is 1.66 bits per heavy atom. The Balaban J connectivity index is 1.28. The molecule has 5 unspecified atom stereocenters. The van der Waals surface area contributed by atoms with E-state index in [4.69, 9.17) is 11.6 Å². The van der Waals surface area contributed by atoms with Gasteiger partial charge in [-0.15, -0.1) is 11.6 Å². The van der Waals surface area contributed by atoms with Gasteiger partial charge in [0.2, 0.25) is 0 Å². The Morgan fingerprint density at radius 3 is 2.34 bits per heavy atom. The van der Waals surface area contributed by atoms with Crippen molar-refractivity contribution < 1.29 is 4.79 Å². The Morgan fingerprint density at radius 1 is 0.906 bits per heavy atom. The highest BCUT2D eigenvalue weighted by atomic mass is 35.5. The molecule has 0 aromatic heterocycles. The summed E-state index contributed by atoms with van der Waals surface area (Å²) >= 11 is 6.70. The molecule has 0 aromatic carbocycles. The SMILES string of the molecule is CC(C)CCC[C@@H](C)C1CCC2C3CC[C@H]4C[C@]5(CC[C@]4(C)C3CC[C@@]21C)CC5(Cl)C=O. The largest absolute Gasteiger partial charge is 0.301 e. The molecule has 5 rings (SSSR count). The summed E-state index contributed by atoms with van der Waals surface area (Å²) in [6, 6.07) is 0. The number of aldehydes is 1. The van der Waals surface area contributed by atoms with E-state index in [1.54, 1.807) is 0 Å². The van der Waals surface area contributed by atoms with Crippen LogP contribution in [0.15, 0.2) is 0 Å². The zero-order valence-corrected chi connectivity index (χ0v) is 22.4. The van der Waals surface area contributed by atoms with Crippen LogP contribution in [0, 0.1) is 57.7 Å². The van der Waals surface area contributed by atoms with Crippen molar-refractivity contribution in [1.29, 1.82) is 0 Å². The maximum Gasteiger partial charge on any atom is 0.141 e. The summed E-state index contributed by atoms with van der Waals surface area (Å²) in [4.78, 5) is 11.1. The van der Waals surface area contributed by atoms with Crippen LogP contribution in [0.1, 0.15) is 118 Å². The van der Waals surface area contributed by atoms with Crippen LogP contribution in [0.4, 0.5) is 0 Å². The third kappa shape index (κ3) is 3.40. The number of hydrogen-bond donors (Lipinski definition) is 0. The average molecular weight is 461 g/mol. The van der Waals surface area contributed by atoms with Gasteiger partial charge in [-0.05, 0) is 122 Å². The lowest BCUT2D eigenvalue weighted by Crippen LogP contribution is -2.54. The second kappa shape index (κ2) is 7.99. The third-order valence-electron chi connectivity index (χ3n) is 12.6. The number of rotatable bonds is 6. The molecule has 0 aromatic rings. The predicted molar refractivity (Wildman–Crippen MR) is 135 cm³/mol. The fourth-order valence-electron chi connectivity index (χ4n) is 10.5. The van der Waals surface area contributed by atoms with E-state index >= 15 is 0 Å². The summed E-state index contributed by atoms with van der Waals surface area (Å²) in [5, 5.41) is 0. The molecular weight excluding hydrogens is 412 g/mol. The minimum Gasteiger partial charge on any atom is -0.301 e. The van der Waals surface area contributed by atoms with Crippen molar-refractivity contribution in [2.75, 3.05) is 0 Å². The summed E-state index contributed by atoms with van der Waals surface area (Å²) in [5.41, 5.74) is 1.25. The van der Waals surface area contributed by atoms with Gasteiger partial charge < -0.3 is 4.79 Å². The van der Waals surface area contributed by atoms with Gasteiger partial charge in [0, 0.05) is 0 Å². The minimum atomic E-state index is -0.513. The summed E-state index contributed by atoms with van der Waals surface area (Å²) in [7, 11) is 0. The molecule has 0 N–H and O–H groups in total. The molecule has 182 valence electrons. The second-order valence-corrected chi connectivity index (χ2v) is 15.0. The lowest BCUT2D eigenvalue weighted by Gasteiger charge is -2.62. The zero-order chi connectivity index (χ0) is 22.9. The topological polar surface area (TPSA) is 17.1 Å². The molecule has 5 saturated carbocycles. The molecule has 0 radical (unpaired) electrons. The van der Waals surface area contributed by atoms with E-state index in [0.717, 1.165) is 54.1 Å². The highest BCUT2D eigenvalue weighted by Gasteiger charge is 2.71. The number of halogens is 1. The molecule has 5 aliphatic carbocycles. The van der Waals surface area contributed by atoms with Crippen LogP contribution in [-0.2, 0) is 4.79 Å². The van der Waals surface area contributed by atoms with Gasteiger partial charge in [-0.1, -0.05) is 53.9 Å². The van der Waals surface area contributed by atoms with Crippen molar-refractivity contribution in [2.45, 2.75) is 123 Å². The van der Waals surface area contributed by atoms with Crippen LogP contribution < -0.4 is 0 Å². The van der Waals surface area contributed by atoms with E-state index in [9.17, 15) is 4.79 Å². The molecule has 1 nitrogen and oxygen atoms in total. The number of carbonyl (C=O) groups is 1. The first kappa shape index (κ1) is 23.7. The first-order chi connectivity index (χ1) is 15.1. The van der Waals surface area contributed by atoms with E-state index in [0.29, 0.717) is 10.8 Å². The first-order valence-corrected chi connectivity index (χ1v) is 14.6. The lowest BCUT2D eigenvalue weighted by atomic mass is 9.43. The predicted octanol–water partition coefficient (Wildman–Crippen LogP) is 8.67. The lowest BCUT2D eigenvalue weighted by molar-refractivity contribution is -0.126. The summed E-state index contributed by atoms with van der Waals surface area (Å²) in [6.45, 7) is 12.7. The van der Waals surface area contributed by atoms with Crippen molar-refractivity contribution in [2.24, 2.45) is 57.7 Å².